The maximum atomic E-state index is 12.5. The molecule has 1 unspecified atom stereocenters. The van der Waals surface area contributed by atoms with Gasteiger partial charge in [0.2, 0.25) is 0 Å². The molecule has 0 radical (unpaired) electrons. The monoisotopic (exact) mass is 333 g/mol. The summed E-state index contributed by atoms with van der Waals surface area (Å²) >= 11 is 1.01. The van der Waals surface area contributed by atoms with Gasteiger partial charge in [0.15, 0.2) is 0 Å². The lowest BCUT2D eigenvalue weighted by Crippen LogP contribution is -2.40. The first-order valence-corrected chi connectivity index (χ1v) is 7.71. The molecule has 122 valence electrons. The summed E-state index contributed by atoms with van der Waals surface area (Å²) in [5.41, 5.74) is -0.989. The van der Waals surface area contributed by atoms with Crippen LogP contribution in [0.1, 0.15) is 29.9 Å². The van der Waals surface area contributed by atoms with E-state index in [-0.39, 0.29) is 29.6 Å². The third-order valence-electron chi connectivity index (χ3n) is 4.16. The first-order valence-electron chi connectivity index (χ1n) is 6.83. The van der Waals surface area contributed by atoms with E-state index in [9.17, 15) is 23.5 Å². The van der Waals surface area contributed by atoms with E-state index in [0.717, 1.165) is 11.3 Å². The van der Waals surface area contributed by atoms with E-state index in [1.165, 1.54) is 16.3 Å². The van der Waals surface area contributed by atoms with Crippen molar-refractivity contribution in [1.29, 1.82) is 0 Å². The van der Waals surface area contributed by atoms with Crippen LogP contribution >= 0.6 is 11.3 Å². The van der Waals surface area contributed by atoms with Gasteiger partial charge in [-0.25, -0.2) is 0 Å². The molecule has 1 atom stereocenters. The topological polar surface area (TPSA) is 66.8 Å². The van der Waals surface area contributed by atoms with Crippen molar-refractivity contribution in [1.82, 2.24) is 4.90 Å². The number of rotatable bonds is 5. The van der Waals surface area contributed by atoms with Crippen LogP contribution in [0.4, 0.5) is 8.78 Å². The van der Waals surface area contributed by atoms with E-state index < -0.39 is 23.9 Å². The quantitative estimate of drug-likeness (QED) is 0.900. The summed E-state index contributed by atoms with van der Waals surface area (Å²) in [4.78, 5) is 25.5. The van der Waals surface area contributed by atoms with Gasteiger partial charge in [-0.3, -0.25) is 9.59 Å². The van der Waals surface area contributed by atoms with Crippen molar-refractivity contribution in [3.05, 3.63) is 16.3 Å². The second-order valence-electron chi connectivity index (χ2n) is 5.59. The van der Waals surface area contributed by atoms with Gasteiger partial charge in [0, 0.05) is 13.1 Å². The lowest BCUT2D eigenvalue weighted by molar-refractivity contribution is -0.150. The third-order valence-corrected chi connectivity index (χ3v) is 5.04. The van der Waals surface area contributed by atoms with Gasteiger partial charge < -0.3 is 14.7 Å². The maximum Gasteiger partial charge on any atom is 0.387 e. The number of hydrogen-bond acceptors (Lipinski definition) is 4. The molecular weight excluding hydrogens is 316 g/mol. The molecule has 1 fully saturated rings. The van der Waals surface area contributed by atoms with Gasteiger partial charge in [-0.15, -0.1) is 11.3 Å². The number of hydrogen-bond donors (Lipinski definition) is 1. The zero-order valence-corrected chi connectivity index (χ0v) is 13.0. The first-order chi connectivity index (χ1) is 10.3. The highest BCUT2D eigenvalue weighted by Gasteiger charge is 2.48. The summed E-state index contributed by atoms with van der Waals surface area (Å²) in [7, 11) is 0. The number of thiophene rings is 1. The number of halogens is 2. The first kappa shape index (κ1) is 16.7. The molecule has 1 N–H and O–H groups in total. The molecule has 2 rings (SSSR count). The number of carboxylic acids is 1. The van der Waals surface area contributed by atoms with Crippen molar-refractivity contribution in [2.45, 2.75) is 26.9 Å². The second-order valence-corrected chi connectivity index (χ2v) is 6.50. The number of carbonyl (C=O) groups is 2. The molecule has 1 saturated heterocycles. The Kier molecular flexibility index (Phi) is 4.69. The summed E-state index contributed by atoms with van der Waals surface area (Å²) in [6.07, 6.45) is 0.349. The van der Waals surface area contributed by atoms with Gasteiger partial charge in [-0.2, -0.15) is 8.78 Å². The molecule has 8 heteroatoms. The van der Waals surface area contributed by atoms with E-state index in [1.54, 1.807) is 13.8 Å². The number of ether oxygens (including phenoxy) is 1. The average molecular weight is 333 g/mol. The predicted molar refractivity (Wildman–Crippen MR) is 76.4 cm³/mol. The van der Waals surface area contributed by atoms with E-state index >= 15 is 0 Å². The summed E-state index contributed by atoms with van der Waals surface area (Å²) in [6.45, 7) is 0.964. The van der Waals surface area contributed by atoms with Crippen molar-refractivity contribution in [3.8, 4) is 5.75 Å². The summed E-state index contributed by atoms with van der Waals surface area (Å²) in [6, 6.07) is 1.31. The Morgan fingerprint density at radius 1 is 1.45 bits per heavy atom. The molecule has 1 aliphatic rings. The maximum absolute atomic E-state index is 12.5. The summed E-state index contributed by atoms with van der Waals surface area (Å²) in [5.74, 6) is -1.70. The number of nitrogens with zero attached hydrogens (tertiary/aromatic N) is 1. The molecule has 2 heterocycles. The lowest BCUT2D eigenvalue weighted by atomic mass is 9.76. The van der Waals surface area contributed by atoms with Crippen LogP contribution in [0.5, 0.6) is 5.75 Å². The lowest BCUT2D eigenvalue weighted by Gasteiger charge is -2.28. The Morgan fingerprint density at radius 2 is 2.14 bits per heavy atom. The average Bonchev–Trinajstić information content (AvgIpc) is 3.04. The smallest absolute Gasteiger partial charge is 0.387 e. The van der Waals surface area contributed by atoms with Crippen LogP contribution in [0.15, 0.2) is 11.4 Å². The number of carbonyl (C=O) groups excluding carboxylic acids is 1. The molecule has 22 heavy (non-hydrogen) atoms. The Bertz CT molecular complexity index is 575. The fourth-order valence-corrected chi connectivity index (χ4v) is 3.48. The van der Waals surface area contributed by atoms with Crippen LogP contribution in [0, 0.1) is 11.3 Å². The highest BCUT2D eigenvalue weighted by atomic mass is 32.1. The highest BCUT2D eigenvalue weighted by Crippen LogP contribution is 2.39. The van der Waals surface area contributed by atoms with E-state index in [4.69, 9.17) is 0 Å². The highest BCUT2D eigenvalue weighted by molar-refractivity contribution is 7.12. The minimum atomic E-state index is -3.01. The van der Waals surface area contributed by atoms with Crippen molar-refractivity contribution in [2.75, 3.05) is 13.1 Å². The van der Waals surface area contributed by atoms with Crippen LogP contribution < -0.4 is 4.74 Å². The van der Waals surface area contributed by atoms with Gasteiger partial charge in [0.05, 0.1) is 5.41 Å². The van der Waals surface area contributed by atoms with Crippen LogP contribution in [0.25, 0.3) is 0 Å². The van der Waals surface area contributed by atoms with Crippen molar-refractivity contribution < 1.29 is 28.2 Å². The number of carboxylic acid groups (broad SMARTS) is 1. The predicted octanol–water partition coefficient (Wildman–Crippen LogP) is 2.92. The van der Waals surface area contributed by atoms with Gasteiger partial charge in [0.1, 0.15) is 10.6 Å². The van der Waals surface area contributed by atoms with Crippen LogP contribution in [0.2, 0.25) is 0 Å². The molecule has 0 aromatic carbocycles. The fraction of sp³-hybridized carbons (Fsp3) is 0.571. The summed E-state index contributed by atoms with van der Waals surface area (Å²) < 4.78 is 29.0. The van der Waals surface area contributed by atoms with E-state index in [1.807, 2.05) is 0 Å². The van der Waals surface area contributed by atoms with Crippen molar-refractivity contribution in [3.63, 3.8) is 0 Å². The van der Waals surface area contributed by atoms with Crippen LogP contribution in [-0.4, -0.2) is 41.6 Å². The normalized spacial score (nSPS) is 21.6. The third kappa shape index (κ3) is 2.92. The van der Waals surface area contributed by atoms with Crippen LogP contribution in [0.3, 0.4) is 0 Å². The Hall–Kier alpha value is -1.70. The minimum Gasteiger partial charge on any atom is -0.481 e. The molecule has 0 saturated carbocycles. The number of alkyl halides is 2. The van der Waals surface area contributed by atoms with Crippen molar-refractivity contribution in [2.24, 2.45) is 11.3 Å². The molecule has 1 amide bonds. The molecule has 1 aromatic heterocycles. The molecule has 0 spiro atoms. The standard InChI is InChI=1S/C14H17F2NO4S/c1-8(2)14(12(19)20)4-5-17(7-14)11(18)10-9(3-6-22-10)21-13(15)16/h3,6,8,13H,4-5,7H2,1-2H3,(H,19,20). The Labute approximate surface area is 130 Å². The van der Waals surface area contributed by atoms with Gasteiger partial charge in [0.25, 0.3) is 5.91 Å². The van der Waals surface area contributed by atoms with E-state index in [0.29, 0.717) is 6.42 Å². The number of likely N-dealkylation sites (tertiary alicyclic amines) is 1. The molecule has 1 aliphatic heterocycles. The van der Waals surface area contributed by atoms with E-state index in [2.05, 4.69) is 4.74 Å². The molecular formula is C14H17F2NO4S. The van der Waals surface area contributed by atoms with Gasteiger partial charge in [-0.1, -0.05) is 13.8 Å². The largest absolute Gasteiger partial charge is 0.481 e. The molecule has 1 aromatic rings. The summed E-state index contributed by atoms with van der Waals surface area (Å²) in [5, 5.41) is 11.0. The Balaban J connectivity index is 2.19. The number of amides is 1. The molecule has 0 bridgehead atoms. The zero-order valence-electron chi connectivity index (χ0n) is 12.2. The fourth-order valence-electron chi connectivity index (χ4n) is 2.69. The SMILES string of the molecule is CC(C)C1(C(=O)O)CCN(C(=O)c2sccc2OC(F)F)C1. The van der Waals surface area contributed by atoms with Crippen molar-refractivity contribution >= 4 is 23.2 Å². The van der Waals surface area contributed by atoms with Gasteiger partial charge >= 0.3 is 12.6 Å². The Morgan fingerprint density at radius 3 is 2.64 bits per heavy atom. The minimum absolute atomic E-state index is 0.0743. The number of aliphatic carboxylic acids is 1. The zero-order chi connectivity index (χ0) is 16.5. The van der Waals surface area contributed by atoms with Crippen LogP contribution in [-0.2, 0) is 4.79 Å². The second kappa shape index (κ2) is 6.20. The molecule has 5 nitrogen and oxygen atoms in total. The van der Waals surface area contributed by atoms with Gasteiger partial charge in [-0.05, 0) is 23.8 Å². The molecule has 0 aliphatic carbocycles.